The Morgan fingerprint density at radius 3 is 2.35 bits per heavy atom. The van der Waals surface area contributed by atoms with Gasteiger partial charge < -0.3 is 15.4 Å². The van der Waals surface area contributed by atoms with Gasteiger partial charge in [0.2, 0.25) is 5.91 Å². The number of para-hydroxylation sites is 1. The molecule has 0 atom stereocenters. The lowest BCUT2D eigenvalue weighted by Crippen LogP contribution is -2.15. The first-order chi connectivity index (χ1) is 9.78. The zero-order valence-electron chi connectivity index (χ0n) is 11.4. The van der Waals surface area contributed by atoms with E-state index in [9.17, 15) is 4.79 Å². The Balaban J connectivity index is 1.73. The summed E-state index contributed by atoms with van der Waals surface area (Å²) in [6.07, 6.45) is 0.322. The molecule has 0 radical (unpaired) electrons. The van der Waals surface area contributed by atoms with Crippen LogP contribution in [-0.2, 0) is 4.79 Å². The van der Waals surface area contributed by atoms with Gasteiger partial charge in [-0.25, -0.2) is 0 Å². The number of amides is 1. The summed E-state index contributed by atoms with van der Waals surface area (Å²) < 4.78 is 5.53. The maximum Gasteiger partial charge on any atom is 0.227 e. The second-order valence-corrected chi connectivity index (χ2v) is 4.29. The number of carbonyl (C=O) groups excluding carboxylic acids is 1. The molecule has 0 saturated heterocycles. The van der Waals surface area contributed by atoms with Crippen molar-refractivity contribution in [1.29, 1.82) is 0 Å². The molecule has 0 fully saturated rings. The number of carbonyl (C=O) groups is 1. The van der Waals surface area contributed by atoms with Gasteiger partial charge in [0, 0.05) is 18.4 Å². The molecule has 1 amide bonds. The minimum absolute atomic E-state index is 0.0527. The second-order valence-electron chi connectivity index (χ2n) is 4.29. The minimum atomic E-state index is -0.0527. The van der Waals surface area contributed by atoms with Crippen LogP contribution in [0.1, 0.15) is 6.42 Å². The molecule has 104 valence electrons. The van der Waals surface area contributed by atoms with Crippen molar-refractivity contribution in [1.82, 2.24) is 0 Å². The molecule has 0 unspecified atom stereocenters. The Morgan fingerprint density at radius 1 is 1.00 bits per heavy atom. The molecule has 2 aromatic rings. The maximum atomic E-state index is 11.7. The van der Waals surface area contributed by atoms with Gasteiger partial charge in [0.25, 0.3) is 0 Å². The molecule has 0 aromatic heterocycles. The monoisotopic (exact) mass is 270 g/mol. The minimum Gasteiger partial charge on any atom is -0.493 e. The summed E-state index contributed by atoms with van der Waals surface area (Å²) in [6.45, 7) is 0.359. The number of anilines is 2. The molecule has 0 aliphatic carbocycles. The van der Waals surface area contributed by atoms with Crippen LogP contribution in [0.25, 0.3) is 0 Å². The standard InChI is InChI=1S/C16H18N2O2/c1-17-13-7-9-15(10-8-13)20-12-11-16(19)18-14-5-3-2-4-6-14/h2-10,17H,11-12H2,1H3,(H,18,19). The Morgan fingerprint density at radius 2 is 1.70 bits per heavy atom. The van der Waals surface area contributed by atoms with Crippen molar-refractivity contribution >= 4 is 17.3 Å². The molecule has 0 heterocycles. The molecular weight excluding hydrogens is 252 g/mol. The lowest BCUT2D eigenvalue weighted by Gasteiger charge is -2.08. The van der Waals surface area contributed by atoms with Crippen LogP contribution in [0.15, 0.2) is 54.6 Å². The van der Waals surface area contributed by atoms with Crippen molar-refractivity contribution in [2.45, 2.75) is 6.42 Å². The van der Waals surface area contributed by atoms with E-state index in [1.165, 1.54) is 0 Å². The van der Waals surface area contributed by atoms with Crippen molar-refractivity contribution in [2.75, 3.05) is 24.3 Å². The van der Waals surface area contributed by atoms with Crippen LogP contribution in [0.2, 0.25) is 0 Å². The van der Waals surface area contributed by atoms with Crippen molar-refractivity contribution in [3.8, 4) is 5.75 Å². The molecule has 2 aromatic carbocycles. The van der Waals surface area contributed by atoms with Gasteiger partial charge in [0.1, 0.15) is 5.75 Å². The van der Waals surface area contributed by atoms with Crippen LogP contribution in [0.5, 0.6) is 5.75 Å². The maximum absolute atomic E-state index is 11.7. The van der Waals surface area contributed by atoms with Crippen LogP contribution in [-0.4, -0.2) is 19.6 Å². The highest BCUT2D eigenvalue weighted by Gasteiger charge is 2.02. The molecular formula is C16H18N2O2. The third-order valence-electron chi connectivity index (χ3n) is 2.80. The predicted molar refractivity (Wildman–Crippen MR) is 81.2 cm³/mol. The molecule has 0 spiro atoms. The summed E-state index contributed by atoms with van der Waals surface area (Å²) in [5.74, 6) is 0.708. The third kappa shape index (κ3) is 4.31. The lowest BCUT2D eigenvalue weighted by atomic mass is 10.3. The van der Waals surface area contributed by atoms with E-state index in [1.807, 2.05) is 61.6 Å². The van der Waals surface area contributed by atoms with E-state index in [0.717, 1.165) is 17.1 Å². The number of nitrogens with one attached hydrogen (secondary N) is 2. The fourth-order valence-corrected chi connectivity index (χ4v) is 1.72. The van der Waals surface area contributed by atoms with Gasteiger partial charge in [-0.1, -0.05) is 18.2 Å². The average molecular weight is 270 g/mol. The Labute approximate surface area is 118 Å². The topological polar surface area (TPSA) is 50.4 Å². The lowest BCUT2D eigenvalue weighted by molar-refractivity contribution is -0.116. The molecule has 0 saturated carbocycles. The van der Waals surface area contributed by atoms with Crippen LogP contribution in [0.3, 0.4) is 0 Å². The van der Waals surface area contributed by atoms with Gasteiger partial charge in [-0.3, -0.25) is 4.79 Å². The van der Waals surface area contributed by atoms with E-state index >= 15 is 0 Å². The van der Waals surface area contributed by atoms with Crippen molar-refractivity contribution < 1.29 is 9.53 Å². The average Bonchev–Trinajstić information content (AvgIpc) is 2.49. The van der Waals surface area contributed by atoms with Gasteiger partial charge >= 0.3 is 0 Å². The van der Waals surface area contributed by atoms with Gasteiger partial charge in [-0.05, 0) is 36.4 Å². The van der Waals surface area contributed by atoms with Crippen LogP contribution in [0.4, 0.5) is 11.4 Å². The Kier molecular flexibility index (Phi) is 5.00. The van der Waals surface area contributed by atoms with E-state index in [2.05, 4.69) is 10.6 Å². The Hall–Kier alpha value is -2.49. The van der Waals surface area contributed by atoms with Crippen molar-refractivity contribution in [3.63, 3.8) is 0 Å². The number of hydrogen-bond acceptors (Lipinski definition) is 3. The molecule has 20 heavy (non-hydrogen) atoms. The van der Waals surface area contributed by atoms with Crippen molar-refractivity contribution in [3.05, 3.63) is 54.6 Å². The fraction of sp³-hybridized carbons (Fsp3) is 0.188. The summed E-state index contributed by atoms with van der Waals surface area (Å²) in [5.41, 5.74) is 1.83. The van der Waals surface area contributed by atoms with Gasteiger partial charge in [-0.2, -0.15) is 0 Å². The van der Waals surface area contributed by atoms with Gasteiger partial charge in [0.15, 0.2) is 0 Å². The quantitative estimate of drug-likeness (QED) is 0.848. The molecule has 4 nitrogen and oxygen atoms in total. The first-order valence-electron chi connectivity index (χ1n) is 6.53. The highest BCUT2D eigenvalue weighted by Crippen LogP contribution is 2.15. The number of hydrogen-bond donors (Lipinski definition) is 2. The molecule has 4 heteroatoms. The highest BCUT2D eigenvalue weighted by atomic mass is 16.5. The van der Waals surface area contributed by atoms with E-state index in [1.54, 1.807) is 0 Å². The van der Waals surface area contributed by atoms with E-state index in [-0.39, 0.29) is 5.91 Å². The van der Waals surface area contributed by atoms with Gasteiger partial charge in [-0.15, -0.1) is 0 Å². The zero-order chi connectivity index (χ0) is 14.2. The number of rotatable bonds is 6. The normalized spacial score (nSPS) is 9.85. The summed E-state index contributed by atoms with van der Waals surface area (Å²) in [7, 11) is 1.86. The molecule has 0 aliphatic heterocycles. The zero-order valence-corrected chi connectivity index (χ0v) is 11.4. The van der Waals surface area contributed by atoms with Crippen molar-refractivity contribution in [2.24, 2.45) is 0 Å². The summed E-state index contributed by atoms with van der Waals surface area (Å²) in [4.78, 5) is 11.7. The molecule has 0 aliphatic rings. The summed E-state index contributed by atoms with van der Waals surface area (Å²) in [5, 5.41) is 5.85. The SMILES string of the molecule is CNc1ccc(OCCC(=O)Nc2ccccc2)cc1. The van der Waals surface area contributed by atoms with E-state index in [4.69, 9.17) is 4.74 Å². The van der Waals surface area contributed by atoms with E-state index in [0.29, 0.717) is 13.0 Å². The number of benzene rings is 2. The van der Waals surface area contributed by atoms with Crippen LogP contribution < -0.4 is 15.4 Å². The molecule has 2 rings (SSSR count). The highest BCUT2D eigenvalue weighted by molar-refractivity contribution is 5.90. The fourth-order valence-electron chi connectivity index (χ4n) is 1.72. The molecule has 0 bridgehead atoms. The summed E-state index contributed by atoms with van der Waals surface area (Å²) >= 11 is 0. The van der Waals surface area contributed by atoms with E-state index < -0.39 is 0 Å². The van der Waals surface area contributed by atoms with Crippen LogP contribution in [0, 0.1) is 0 Å². The first-order valence-corrected chi connectivity index (χ1v) is 6.53. The van der Waals surface area contributed by atoms with Gasteiger partial charge in [0.05, 0.1) is 13.0 Å². The second kappa shape index (κ2) is 7.19. The first kappa shape index (κ1) is 13.9. The summed E-state index contributed by atoms with van der Waals surface area (Å²) in [6, 6.07) is 17.0. The smallest absolute Gasteiger partial charge is 0.227 e. The largest absolute Gasteiger partial charge is 0.493 e. The van der Waals surface area contributed by atoms with Crippen LogP contribution >= 0.6 is 0 Å². The predicted octanol–water partition coefficient (Wildman–Crippen LogP) is 3.14. The third-order valence-corrected chi connectivity index (χ3v) is 2.80. The molecule has 2 N–H and O–H groups in total. The Bertz CT molecular complexity index is 538. The number of ether oxygens (including phenoxy) is 1.